The summed E-state index contributed by atoms with van der Waals surface area (Å²) in [6.45, 7) is 4.95. The number of pyridine rings is 1. The number of hydrogen-bond acceptors (Lipinski definition) is 8. The van der Waals surface area contributed by atoms with Gasteiger partial charge in [0.25, 0.3) is 0 Å². The number of aromatic nitrogens is 3. The lowest BCUT2D eigenvalue weighted by Gasteiger charge is -2.45. The van der Waals surface area contributed by atoms with Crippen LogP contribution < -0.4 is 14.4 Å². The number of anilines is 2. The van der Waals surface area contributed by atoms with Crippen molar-refractivity contribution < 1.29 is 30.6 Å². The van der Waals surface area contributed by atoms with Crippen molar-refractivity contribution >= 4 is 27.7 Å². The van der Waals surface area contributed by atoms with Crippen LogP contribution in [0.25, 0.3) is 0 Å². The fraction of sp³-hybridized carbons (Fsp3) is 0.500. The molecule has 2 aliphatic rings. The zero-order valence-corrected chi connectivity index (χ0v) is 18.8. The Hall–Kier alpha value is -2.96. The van der Waals surface area contributed by atoms with Gasteiger partial charge in [0.15, 0.2) is 0 Å². The maximum atomic E-state index is 13.1. The number of amides is 1. The largest absolute Gasteiger partial charge is 0.534 e. The number of aryl methyl sites for hydroxylation is 1. The summed E-state index contributed by atoms with van der Waals surface area (Å²) in [6.07, 6.45) is 4.45. The van der Waals surface area contributed by atoms with Crippen molar-refractivity contribution in [2.75, 3.05) is 10.2 Å². The molecule has 178 valence electrons. The van der Waals surface area contributed by atoms with Gasteiger partial charge in [0, 0.05) is 37.0 Å². The van der Waals surface area contributed by atoms with Gasteiger partial charge < -0.3 is 14.4 Å². The number of halogens is 3. The molecule has 1 aliphatic carbocycles. The zero-order chi connectivity index (χ0) is 24.1. The minimum Gasteiger partial charge on any atom is -0.355 e. The Bertz CT molecular complexity index is 1190. The van der Waals surface area contributed by atoms with E-state index in [1.54, 1.807) is 13.0 Å². The minimum absolute atomic E-state index is 0.0232. The highest BCUT2D eigenvalue weighted by Crippen LogP contribution is 2.52. The van der Waals surface area contributed by atoms with Crippen LogP contribution in [0.3, 0.4) is 0 Å². The van der Waals surface area contributed by atoms with Gasteiger partial charge in [-0.2, -0.15) is 21.6 Å². The summed E-state index contributed by atoms with van der Waals surface area (Å²) in [6, 6.07) is 2.12. The third-order valence-electron chi connectivity index (χ3n) is 5.86. The van der Waals surface area contributed by atoms with Crippen LogP contribution in [0.5, 0.6) is 5.88 Å². The van der Waals surface area contributed by atoms with E-state index in [9.17, 15) is 26.4 Å². The van der Waals surface area contributed by atoms with E-state index in [4.69, 9.17) is 0 Å². The van der Waals surface area contributed by atoms with Crippen LogP contribution in [0.15, 0.2) is 24.5 Å². The zero-order valence-electron chi connectivity index (χ0n) is 18.0. The Morgan fingerprint density at radius 3 is 2.45 bits per heavy atom. The molecular formula is C20H22F3N5O4S. The molecule has 2 aromatic heterocycles. The molecule has 1 saturated carbocycles. The van der Waals surface area contributed by atoms with Crippen molar-refractivity contribution in [1.82, 2.24) is 15.0 Å². The average Bonchev–Trinajstić information content (AvgIpc) is 3.53. The first-order valence-corrected chi connectivity index (χ1v) is 11.7. The van der Waals surface area contributed by atoms with Crippen molar-refractivity contribution in [3.05, 3.63) is 35.8 Å². The lowest BCUT2D eigenvalue weighted by Crippen LogP contribution is -2.51. The van der Waals surface area contributed by atoms with Crippen LogP contribution in [0.1, 0.15) is 44.0 Å². The molecule has 0 spiro atoms. The second-order valence-electron chi connectivity index (χ2n) is 8.25. The highest BCUT2D eigenvalue weighted by Gasteiger charge is 2.52. The monoisotopic (exact) mass is 485 g/mol. The highest BCUT2D eigenvalue weighted by molar-refractivity contribution is 7.87. The van der Waals surface area contributed by atoms with Crippen LogP contribution in [-0.2, 0) is 14.9 Å². The van der Waals surface area contributed by atoms with Gasteiger partial charge in [0.1, 0.15) is 0 Å². The second kappa shape index (κ2) is 8.12. The molecule has 0 unspecified atom stereocenters. The smallest absolute Gasteiger partial charge is 0.355 e. The van der Waals surface area contributed by atoms with E-state index in [-0.39, 0.29) is 41.0 Å². The molecule has 0 radical (unpaired) electrons. The SMILES string of the molecule is CC(=O)N1c2ccnc(OS(=O)(=O)C(F)(F)F)c2[C@H](Nc2nccc(C)n2)[C@@H](C)[C@@H]1C1CC1. The predicted octanol–water partition coefficient (Wildman–Crippen LogP) is 3.34. The molecule has 9 nitrogen and oxygen atoms in total. The van der Waals surface area contributed by atoms with Crippen molar-refractivity contribution in [2.24, 2.45) is 11.8 Å². The van der Waals surface area contributed by atoms with Crippen LogP contribution in [0.2, 0.25) is 0 Å². The number of carbonyl (C=O) groups is 1. The van der Waals surface area contributed by atoms with E-state index in [0.29, 0.717) is 5.69 Å². The molecule has 3 heterocycles. The first-order chi connectivity index (χ1) is 15.4. The molecule has 1 N–H and O–H groups in total. The summed E-state index contributed by atoms with van der Waals surface area (Å²) < 4.78 is 67.2. The van der Waals surface area contributed by atoms with Crippen molar-refractivity contribution in [3.63, 3.8) is 0 Å². The van der Waals surface area contributed by atoms with Gasteiger partial charge in [-0.15, -0.1) is 0 Å². The van der Waals surface area contributed by atoms with E-state index in [1.165, 1.54) is 24.1 Å². The molecule has 0 bridgehead atoms. The molecule has 1 aliphatic heterocycles. The topological polar surface area (TPSA) is 114 Å². The Labute approximate surface area is 188 Å². The predicted molar refractivity (Wildman–Crippen MR) is 112 cm³/mol. The molecule has 1 fully saturated rings. The van der Waals surface area contributed by atoms with Gasteiger partial charge in [-0.25, -0.2) is 15.0 Å². The Morgan fingerprint density at radius 1 is 1.21 bits per heavy atom. The number of hydrogen-bond donors (Lipinski definition) is 1. The summed E-state index contributed by atoms with van der Waals surface area (Å²) in [5, 5.41) is 3.11. The lowest BCUT2D eigenvalue weighted by atomic mass is 9.80. The van der Waals surface area contributed by atoms with E-state index in [0.717, 1.165) is 19.0 Å². The van der Waals surface area contributed by atoms with Crippen molar-refractivity contribution in [1.29, 1.82) is 0 Å². The Morgan fingerprint density at radius 2 is 1.88 bits per heavy atom. The van der Waals surface area contributed by atoms with Crippen LogP contribution >= 0.6 is 0 Å². The maximum absolute atomic E-state index is 13.1. The quantitative estimate of drug-likeness (QED) is 0.507. The number of carbonyl (C=O) groups excluding carboxylic acids is 1. The average molecular weight is 485 g/mol. The van der Waals surface area contributed by atoms with Crippen LogP contribution in [0, 0.1) is 18.8 Å². The molecule has 33 heavy (non-hydrogen) atoms. The summed E-state index contributed by atoms with van der Waals surface area (Å²) in [4.78, 5) is 26.4. The second-order valence-corrected chi connectivity index (χ2v) is 9.79. The molecule has 4 rings (SSSR count). The number of rotatable bonds is 5. The van der Waals surface area contributed by atoms with Crippen LogP contribution in [0.4, 0.5) is 24.8 Å². The van der Waals surface area contributed by atoms with Crippen LogP contribution in [-0.4, -0.2) is 40.8 Å². The highest BCUT2D eigenvalue weighted by atomic mass is 32.2. The lowest BCUT2D eigenvalue weighted by molar-refractivity contribution is -0.117. The fourth-order valence-corrected chi connectivity index (χ4v) is 4.77. The number of fused-ring (bicyclic) bond motifs is 1. The summed E-state index contributed by atoms with van der Waals surface area (Å²) in [7, 11) is -5.98. The summed E-state index contributed by atoms with van der Waals surface area (Å²) in [5.74, 6) is -1.00. The third-order valence-corrected chi connectivity index (χ3v) is 6.80. The third kappa shape index (κ3) is 4.33. The van der Waals surface area contributed by atoms with E-state index < -0.39 is 27.5 Å². The van der Waals surface area contributed by atoms with E-state index >= 15 is 0 Å². The number of nitrogens with zero attached hydrogens (tertiary/aromatic N) is 4. The van der Waals surface area contributed by atoms with Gasteiger partial charge in [0.05, 0.1) is 17.3 Å². The Balaban J connectivity index is 1.88. The van der Waals surface area contributed by atoms with Gasteiger partial charge in [-0.3, -0.25) is 4.79 Å². The normalized spacial score (nSPS) is 23.1. The Kier molecular flexibility index (Phi) is 5.71. The molecule has 13 heteroatoms. The van der Waals surface area contributed by atoms with Gasteiger partial charge >= 0.3 is 15.6 Å². The molecule has 2 aromatic rings. The molecule has 0 aromatic carbocycles. The van der Waals surface area contributed by atoms with Gasteiger partial charge in [-0.05, 0) is 37.8 Å². The summed E-state index contributed by atoms with van der Waals surface area (Å²) in [5.41, 5.74) is -4.72. The minimum atomic E-state index is -5.98. The maximum Gasteiger partial charge on any atom is 0.534 e. The molecule has 1 amide bonds. The number of alkyl halides is 3. The first kappa shape index (κ1) is 23.2. The molecular weight excluding hydrogens is 463 g/mol. The fourth-order valence-electron chi connectivity index (χ4n) is 4.34. The standard InChI is InChI=1S/C20H22F3N5O4S/c1-10-6-8-25-19(26-10)27-16-11(2)17(13-4-5-13)28(12(3)29)14-7-9-24-18(15(14)16)32-33(30,31)20(21,22)23/h6-9,11,13,16-17H,4-5H2,1-3H3,(H,25,26,27)/t11-,16-,17-/m1/s1. The van der Waals surface area contributed by atoms with Gasteiger partial charge in [-0.1, -0.05) is 6.92 Å². The number of nitrogens with one attached hydrogen (secondary N) is 1. The molecule has 0 saturated heterocycles. The van der Waals surface area contributed by atoms with Crippen molar-refractivity contribution in [3.8, 4) is 5.88 Å². The van der Waals surface area contributed by atoms with E-state index in [2.05, 4.69) is 24.5 Å². The summed E-state index contributed by atoms with van der Waals surface area (Å²) >= 11 is 0. The van der Waals surface area contributed by atoms with E-state index in [1.807, 2.05) is 6.92 Å². The van der Waals surface area contributed by atoms with Gasteiger partial charge in [0.2, 0.25) is 17.7 Å². The first-order valence-electron chi connectivity index (χ1n) is 10.3. The molecule has 3 atom stereocenters. The van der Waals surface area contributed by atoms with Crippen molar-refractivity contribution in [2.45, 2.75) is 51.2 Å².